The number of nitrogens with zero attached hydrogens (tertiary/aromatic N) is 2. The molecule has 1 unspecified atom stereocenters. The van der Waals surface area contributed by atoms with Gasteiger partial charge in [0, 0.05) is 59.2 Å². The predicted molar refractivity (Wildman–Crippen MR) is 123 cm³/mol. The van der Waals surface area contributed by atoms with E-state index in [1.807, 2.05) is 25.7 Å². The van der Waals surface area contributed by atoms with E-state index in [1.165, 1.54) is 0 Å². The molecule has 1 amide bonds. The Morgan fingerprint density at radius 1 is 1.16 bits per heavy atom. The molecule has 8 heteroatoms. The molecule has 0 aromatic carbocycles. The Bertz CT molecular complexity index is 544. The van der Waals surface area contributed by atoms with Crippen LogP contribution in [0.1, 0.15) is 59.8 Å². The molecule has 2 saturated heterocycles. The number of guanidine groups is 1. The number of likely N-dealkylation sites (tertiary alicyclic amines) is 1. The van der Waals surface area contributed by atoms with Crippen molar-refractivity contribution in [3.05, 3.63) is 0 Å². The lowest BCUT2D eigenvalue weighted by molar-refractivity contribution is 0.0170. The molecule has 0 aromatic heterocycles. The molecule has 2 N–H and O–H groups in total. The molecule has 0 saturated carbocycles. The number of rotatable bonds is 9. The molecular weight excluding hydrogens is 396 g/mol. The molecule has 0 radical (unpaired) electrons. The molecule has 2 aliphatic rings. The molecule has 2 heterocycles. The number of piperidine rings is 1. The first kappa shape index (κ1) is 25.7. The third-order valence-corrected chi connectivity index (χ3v) is 5.47. The van der Waals surface area contributed by atoms with Gasteiger partial charge in [-0.3, -0.25) is 4.99 Å². The first-order valence-corrected chi connectivity index (χ1v) is 12.0. The van der Waals surface area contributed by atoms with Crippen molar-refractivity contribution < 1.29 is 19.0 Å². The number of ether oxygens (including phenoxy) is 3. The SMILES string of the molecule is CCNC(=NCC1CCCN(C(=O)OC(C)(C)C)C1)NCCCOCC1CCOCC1. The highest BCUT2D eigenvalue weighted by atomic mass is 16.6. The van der Waals surface area contributed by atoms with Crippen molar-refractivity contribution in [3.8, 4) is 0 Å². The van der Waals surface area contributed by atoms with Gasteiger partial charge in [-0.2, -0.15) is 0 Å². The van der Waals surface area contributed by atoms with Crippen molar-refractivity contribution in [1.82, 2.24) is 15.5 Å². The summed E-state index contributed by atoms with van der Waals surface area (Å²) < 4.78 is 16.7. The van der Waals surface area contributed by atoms with E-state index in [9.17, 15) is 4.79 Å². The Hall–Kier alpha value is -1.54. The molecule has 2 aliphatic heterocycles. The smallest absolute Gasteiger partial charge is 0.410 e. The van der Waals surface area contributed by atoms with Crippen molar-refractivity contribution in [1.29, 1.82) is 0 Å². The van der Waals surface area contributed by atoms with Gasteiger partial charge in [0.05, 0.1) is 0 Å². The zero-order valence-electron chi connectivity index (χ0n) is 20.1. The van der Waals surface area contributed by atoms with Crippen molar-refractivity contribution in [2.24, 2.45) is 16.8 Å². The van der Waals surface area contributed by atoms with Crippen LogP contribution in [0, 0.1) is 11.8 Å². The molecule has 0 aliphatic carbocycles. The second-order valence-electron chi connectivity index (χ2n) is 9.57. The standard InChI is InChI=1S/C23H44N4O4/c1-5-24-21(25-11-7-13-30-18-19-9-14-29-15-10-19)26-16-20-8-6-12-27(17-20)22(28)31-23(2,3)4/h19-20H,5-18H2,1-4H3,(H2,24,25,26). The third-order valence-electron chi connectivity index (χ3n) is 5.47. The summed E-state index contributed by atoms with van der Waals surface area (Å²) in [5.41, 5.74) is -0.459. The van der Waals surface area contributed by atoms with Crippen LogP contribution < -0.4 is 10.6 Å². The summed E-state index contributed by atoms with van der Waals surface area (Å²) in [6, 6.07) is 0. The summed E-state index contributed by atoms with van der Waals surface area (Å²) in [4.78, 5) is 18.9. The van der Waals surface area contributed by atoms with E-state index in [-0.39, 0.29) is 6.09 Å². The second kappa shape index (κ2) is 13.8. The van der Waals surface area contributed by atoms with Gasteiger partial charge in [-0.1, -0.05) is 0 Å². The number of carbonyl (C=O) groups excluding carboxylic acids is 1. The molecular formula is C23H44N4O4. The summed E-state index contributed by atoms with van der Waals surface area (Å²) in [7, 11) is 0. The van der Waals surface area contributed by atoms with Crippen LogP contribution in [0.5, 0.6) is 0 Å². The van der Waals surface area contributed by atoms with Crippen LogP contribution in [0.2, 0.25) is 0 Å². The van der Waals surface area contributed by atoms with Gasteiger partial charge >= 0.3 is 6.09 Å². The highest BCUT2D eigenvalue weighted by Crippen LogP contribution is 2.19. The maximum absolute atomic E-state index is 12.4. The minimum atomic E-state index is -0.459. The average molecular weight is 441 g/mol. The minimum absolute atomic E-state index is 0.216. The Labute approximate surface area is 188 Å². The number of hydrogen-bond acceptors (Lipinski definition) is 5. The van der Waals surface area contributed by atoms with Crippen LogP contribution in [0.4, 0.5) is 4.79 Å². The zero-order chi connectivity index (χ0) is 22.5. The lowest BCUT2D eigenvalue weighted by Gasteiger charge is -2.33. The average Bonchev–Trinajstić information content (AvgIpc) is 2.74. The van der Waals surface area contributed by atoms with Crippen molar-refractivity contribution in [2.45, 2.75) is 65.4 Å². The maximum atomic E-state index is 12.4. The fraction of sp³-hybridized carbons (Fsp3) is 0.913. The minimum Gasteiger partial charge on any atom is -0.444 e. The Morgan fingerprint density at radius 3 is 2.65 bits per heavy atom. The Kier molecular flexibility index (Phi) is 11.4. The first-order valence-electron chi connectivity index (χ1n) is 12.0. The second-order valence-corrected chi connectivity index (χ2v) is 9.57. The van der Waals surface area contributed by atoms with Crippen LogP contribution in [0.25, 0.3) is 0 Å². The van der Waals surface area contributed by atoms with Crippen LogP contribution in [-0.4, -0.2) is 81.7 Å². The van der Waals surface area contributed by atoms with E-state index in [2.05, 4.69) is 17.6 Å². The lowest BCUT2D eigenvalue weighted by Crippen LogP contribution is -2.44. The van der Waals surface area contributed by atoms with Gasteiger partial charge in [0.15, 0.2) is 5.96 Å². The fourth-order valence-electron chi connectivity index (χ4n) is 3.81. The van der Waals surface area contributed by atoms with Gasteiger partial charge in [-0.05, 0) is 71.6 Å². The number of amides is 1. The number of nitrogens with one attached hydrogen (secondary N) is 2. The topological polar surface area (TPSA) is 84.4 Å². The van der Waals surface area contributed by atoms with Crippen molar-refractivity contribution in [3.63, 3.8) is 0 Å². The van der Waals surface area contributed by atoms with E-state index in [1.54, 1.807) is 0 Å². The molecule has 8 nitrogen and oxygen atoms in total. The van der Waals surface area contributed by atoms with Crippen molar-refractivity contribution in [2.75, 3.05) is 59.2 Å². The van der Waals surface area contributed by atoms with Gasteiger partial charge in [-0.25, -0.2) is 4.79 Å². The highest BCUT2D eigenvalue weighted by Gasteiger charge is 2.27. The Morgan fingerprint density at radius 2 is 1.94 bits per heavy atom. The Balaban J connectivity index is 1.66. The van der Waals surface area contributed by atoms with Crippen LogP contribution >= 0.6 is 0 Å². The van der Waals surface area contributed by atoms with E-state index in [0.717, 1.165) is 84.1 Å². The van der Waals surface area contributed by atoms with E-state index >= 15 is 0 Å². The largest absolute Gasteiger partial charge is 0.444 e. The van der Waals surface area contributed by atoms with Gasteiger partial charge in [0.2, 0.25) is 0 Å². The fourth-order valence-corrected chi connectivity index (χ4v) is 3.81. The molecule has 0 spiro atoms. The molecule has 2 fully saturated rings. The van der Waals surface area contributed by atoms with Gasteiger partial charge in [-0.15, -0.1) is 0 Å². The highest BCUT2D eigenvalue weighted by molar-refractivity contribution is 5.79. The van der Waals surface area contributed by atoms with Gasteiger partial charge < -0.3 is 29.7 Å². The monoisotopic (exact) mass is 440 g/mol. The number of hydrogen-bond donors (Lipinski definition) is 2. The van der Waals surface area contributed by atoms with Crippen LogP contribution in [-0.2, 0) is 14.2 Å². The number of carbonyl (C=O) groups is 1. The summed E-state index contributed by atoms with van der Waals surface area (Å²) in [6.45, 7) is 14.9. The normalized spacial score (nSPS) is 21.1. The molecule has 0 bridgehead atoms. The first-order chi connectivity index (χ1) is 14.9. The lowest BCUT2D eigenvalue weighted by atomic mass is 9.98. The van der Waals surface area contributed by atoms with Crippen LogP contribution in [0.3, 0.4) is 0 Å². The third kappa shape index (κ3) is 11.1. The zero-order valence-corrected chi connectivity index (χ0v) is 20.1. The molecule has 180 valence electrons. The number of aliphatic imine (C=N–C) groups is 1. The summed E-state index contributed by atoms with van der Waals surface area (Å²) in [5.74, 6) is 1.84. The molecule has 31 heavy (non-hydrogen) atoms. The van der Waals surface area contributed by atoms with E-state index < -0.39 is 5.60 Å². The predicted octanol–water partition coefficient (Wildman–Crippen LogP) is 3.02. The van der Waals surface area contributed by atoms with E-state index in [0.29, 0.717) is 24.9 Å². The molecule has 0 aromatic rings. The quantitative estimate of drug-likeness (QED) is 0.326. The van der Waals surface area contributed by atoms with Crippen molar-refractivity contribution >= 4 is 12.1 Å². The summed E-state index contributed by atoms with van der Waals surface area (Å²) in [5, 5.41) is 6.71. The van der Waals surface area contributed by atoms with Gasteiger partial charge in [0.25, 0.3) is 0 Å². The maximum Gasteiger partial charge on any atom is 0.410 e. The summed E-state index contributed by atoms with van der Waals surface area (Å²) in [6.07, 6.45) is 5.04. The molecule has 2 rings (SSSR count). The molecule has 1 atom stereocenters. The van der Waals surface area contributed by atoms with E-state index in [4.69, 9.17) is 19.2 Å². The van der Waals surface area contributed by atoms with Crippen LogP contribution in [0.15, 0.2) is 4.99 Å². The summed E-state index contributed by atoms with van der Waals surface area (Å²) >= 11 is 0. The van der Waals surface area contributed by atoms with Gasteiger partial charge in [0.1, 0.15) is 5.60 Å².